The number of hydrogen-bond donors (Lipinski definition) is 3. The number of pyridine rings is 2. The highest BCUT2D eigenvalue weighted by atomic mass is 32.1. The largest absolute Gasteiger partial charge is 0.334 e. The summed E-state index contributed by atoms with van der Waals surface area (Å²) >= 11 is 1.61. The smallest absolute Gasteiger partial charge is 0.315 e. The predicted octanol–water partition coefficient (Wildman–Crippen LogP) is 3.42. The lowest BCUT2D eigenvalue weighted by atomic mass is 10.1. The van der Waals surface area contributed by atoms with Gasteiger partial charge in [-0.15, -0.1) is 11.3 Å². The summed E-state index contributed by atoms with van der Waals surface area (Å²) in [5.74, 6) is 0.698. The van der Waals surface area contributed by atoms with E-state index in [0.29, 0.717) is 18.9 Å². The molecule has 4 heterocycles. The molecule has 0 saturated carbocycles. The standard InChI is InChI=1S/C21H20N6OS/c1-15-19(17-4-2-7-22-12-17)14-26-27(15)20-10-16(6-8-23-20)11-24-21(28)25-13-18-5-3-9-29-18/h2-10,12,14,26H,1,11,13H2,(H2,24,25,28). The Bertz CT molecular complexity index is 1030. The van der Waals surface area contributed by atoms with E-state index in [1.807, 2.05) is 53.0 Å². The highest BCUT2D eigenvalue weighted by Crippen LogP contribution is 2.30. The summed E-state index contributed by atoms with van der Waals surface area (Å²) in [6, 6.07) is 11.4. The maximum absolute atomic E-state index is 12.0. The van der Waals surface area contributed by atoms with Crippen molar-refractivity contribution in [2.45, 2.75) is 13.1 Å². The first-order chi connectivity index (χ1) is 14.2. The molecule has 0 spiro atoms. The molecule has 0 fully saturated rings. The van der Waals surface area contributed by atoms with E-state index in [2.05, 4.69) is 32.6 Å². The topological polar surface area (TPSA) is 82.2 Å². The molecule has 0 unspecified atom stereocenters. The first kappa shape index (κ1) is 18.7. The van der Waals surface area contributed by atoms with Crippen LogP contribution >= 0.6 is 11.3 Å². The molecular formula is C21H20N6OS. The fraction of sp³-hybridized carbons (Fsp3) is 0.0952. The number of hydrogen-bond acceptors (Lipinski definition) is 6. The van der Waals surface area contributed by atoms with E-state index < -0.39 is 0 Å². The van der Waals surface area contributed by atoms with Crippen LogP contribution in [-0.2, 0) is 13.1 Å². The molecular weight excluding hydrogens is 384 g/mol. The third-order valence-electron chi connectivity index (χ3n) is 4.39. The fourth-order valence-corrected chi connectivity index (χ4v) is 3.55. The van der Waals surface area contributed by atoms with E-state index in [4.69, 9.17) is 0 Å². The van der Waals surface area contributed by atoms with E-state index in [1.165, 1.54) is 0 Å². The zero-order chi connectivity index (χ0) is 20.1. The maximum atomic E-state index is 12.0. The Hall–Kier alpha value is -3.65. The second-order valence-electron chi connectivity index (χ2n) is 6.35. The number of nitrogens with zero attached hydrogens (tertiary/aromatic N) is 3. The first-order valence-corrected chi connectivity index (χ1v) is 9.94. The predicted molar refractivity (Wildman–Crippen MR) is 115 cm³/mol. The van der Waals surface area contributed by atoms with Crippen LogP contribution in [0.4, 0.5) is 10.6 Å². The van der Waals surface area contributed by atoms with E-state index >= 15 is 0 Å². The monoisotopic (exact) mass is 404 g/mol. The number of rotatable bonds is 6. The Balaban J connectivity index is 1.35. The van der Waals surface area contributed by atoms with Gasteiger partial charge in [0.15, 0.2) is 5.82 Å². The van der Waals surface area contributed by atoms with Crippen molar-refractivity contribution in [2.75, 3.05) is 5.01 Å². The van der Waals surface area contributed by atoms with Gasteiger partial charge in [-0.3, -0.25) is 10.4 Å². The fourth-order valence-electron chi connectivity index (χ4n) is 2.91. The van der Waals surface area contributed by atoms with Gasteiger partial charge in [-0.1, -0.05) is 18.7 Å². The number of hydrazine groups is 1. The van der Waals surface area contributed by atoms with Crippen LogP contribution in [0.1, 0.15) is 16.0 Å². The van der Waals surface area contributed by atoms with Crippen molar-refractivity contribution in [3.8, 4) is 0 Å². The Morgan fingerprint density at radius 2 is 2.07 bits per heavy atom. The molecule has 3 aromatic rings. The van der Waals surface area contributed by atoms with Crippen LogP contribution in [0.25, 0.3) is 5.57 Å². The Kier molecular flexibility index (Phi) is 5.53. The van der Waals surface area contributed by atoms with Crippen molar-refractivity contribution in [1.29, 1.82) is 0 Å². The minimum atomic E-state index is -0.207. The van der Waals surface area contributed by atoms with Gasteiger partial charge in [0.1, 0.15) is 0 Å². The number of thiophene rings is 1. The zero-order valence-corrected chi connectivity index (χ0v) is 16.4. The highest BCUT2D eigenvalue weighted by molar-refractivity contribution is 7.09. The van der Waals surface area contributed by atoms with Crippen LogP contribution in [-0.4, -0.2) is 16.0 Å². The van der Waals surface area contributed by atoms with Crippen molar-refractivity contribution in [1.82, 2.24) is 26.0 Å². The average molecular weight is 404 g/mol. The molecule has 0 atom stereocenters. The van der Waals surface area contributed by atoms with E-state index in [-0.39, 0.29) is 6.03 Å². The molecule has 0 saturated heterocycles. The molecule has 7 nitrogen and oxygen atoms in total. The summed E-state index contributed by atoms with van der Waals surface area (Å²) in [5, 5.41) is 9.52. The summed E-state index contributed by atoms with van der Waals surface area (Å²) in [6.07, 6.45) is 7.13. The van der Waals surface area contributed by atoms with Crippen molar-refractivity contribution >= 4 is 28.8 Å². The van der Waals surface area contributed by atoms with Crippen LogP contribution in [0, 0.1) is 0 Å². The molecule has 2 amide bonds. The van der Waals surface area contributed by atoms with Crippen LogP contribution < -0.4 is 21.1 Å². The number of anilines is 1. The lowest BCUT2D eigenvalue weighted by Crippen LogP contribution is -2.34. The Morgan fingerprint density at radius 3 is 2.86 bits per heavy atom. The van der Waals surface area contributed by atoms with Crippen LogP contribution in [0.3, 0.4) is 0 Å². The minimum absolute atomic E-state index is 0.207. The molecule has 29 heavy (non-hydrogen) atoms. The number of carbonyl (C=O) groups excluding carboxylic acids is 1. The van der Waals surface area contributed by atoms with Crippen LogP contribution in [0.15, 0.2) is 78.8 Å². The number of urea groups is 1. The summed E-state index contributed by atoms with van der Waals surface area (Å²) in [6.45, 7) is 5.09. The molecule has 8 heteroatoms. The van der Waals surface area contributed by atoms with E-state index in [9.17, 15) is 4.79 Å². The van der Waals surface area contributed by atoms with Crippen molar-refractivity contribution < 1.29 is 4.79 Å². The molecule has 0 bridgehead atoms. The lowest BCUT2D eigenvalue weighted by molar-refractivity contribution is 0.240. The van der Waals surface area contributed by atoms with E-state index in [0.717, 1.165) is 27.3 Å². The van der Waals surface area contributed by atoms with Gasteiger partial charge in [-0.25, -0.2) is 14.8 Å². The van der Waals surface area contributed by atoms with Crippen molar-refractivity contribution in [2.24, 2.45) is 0 Å². The SMILES string of the molecule is C=C1C(c2cccnc2)=CNN1c1cc(CNC(=O)NCc2cccs2)ccn1. The molecule has 4 rings (SSSR count). The quantitative estimate of drug-likeness (QED) is 0.587. The summed E-state index contributed by atoms with van der Waals surface area (Å²) in [4.78, 5) is 21.7. The third kappa shape index (κ3) is 4.44. The second-order valence-corrected chi connectivity index (χ2v) is 7.38. The maximum Gasteiger partial charge on any atom is 0.315 e. The normalized spacial score (nSPS) is 13.0. The van der Waals surface area contributed by atoms with Gasteiger partial charge in [-0.05, 0) is 35.2 Å². The van der Waals surface area contributed by atoms with Gasteiger partial charge >= 0.3 is 6.03 Å². The van der Waals surface area contributed by atoms with Gasteiger partial charge < -0.3 is 10.6 Å². The van der Waals surface area contributed by atoms with Gasteiger partial charge in [-0.2, -0.15) is 0 Å². The highest BCUT2D eigenvalue weighted by Gasteiger charge is 2.22. The van der Waals surface area contributed by atoms with Gasteiger partial charge in [0.2, 0.25) is 0 Å². The van der Waals surface area contributed by atoms with Crippen LogP contribution in [0.2, 0.25) is 0 Å². The van der Waals surface area contributed by atoms with Crippen LogP contribution in [0.5, 0.6) is 0 Å². The molecule has 3 N–H and O–H groups in total. The Morgan fingerprint density at radius 1 is 1.17 bits per heavy atom. The lowest BCUT2D eigenvalue weighted by Gasteiger charge is -2.20. The zero-order valence-electron chi connectivity index (χ0n) is 15.6. The van der Waals surface area contributed by atoms with Gasteiger partial charge in [0.25, 0.3) is 0 Å². The molecule has 0 aromatic carbocycles. The molecule has 0 radical (unpaired) electrons. The first-order valence-electron chi connectivity index (χ1n) is 9.06. The summed E-state index contributed by atoms with van der Waals surface area (Å²) in [5.41, 5.74) is 6.83. The number of allylic oxidation sites excluding steroid dienone is 1. The second kappa shape index (κ2) is 8.57. The number of nitrogens with one attached hydrogen (secondary N) is 3. The van der Waals surface area contributed by atoms with Gasteiger partial charge in [0, 0.05) is 47.3 Å². The molecule has 0 aliphatic carbocycles. The number of aromatic nitrogens is 2. The molecule has 3 aromatic heterocycles. The van der Waals surface area contributed by atoms with Gasteiger partial charge in [0.05, 0.1) is 12.2 Å². The van der Waals surface area contributed by atoms with E-state index in [1.54, 1.807) is 29.9 Å². The van der Waals surface area contributed by atoms with Crippen molar-refractivity contribution in [3.05, 3.63) is 94.8 Å². The minimum Gasteiger partial charge on any atom is -0.334 e. The average Bonchev–Trinajstić information content (AvgIpc) is 3.41. The number of amides is 2. The third-order valence-corrected chi connectivity index (χ3v) is 5.26. The molecule has 1 aliphatic rings. The summed E-state index contributed by atoms with van der Waals surface area (Å²) < 4.78 is 0. The van der Waals surface area contributed by atoms with Crippen molar-refractivity contribution in [3.63, 3.8) is 0 Å². The Labute approximate surface area is 172 Å². The molecule has 146 valence electrons. The summed E-state index contributed by atoms with van der Waals surface area (Å²) in [7, 11) is 0. The number of carbonyl (C=O) groups is 1. The molecule has 1 aliphatic heterocycles.